The predicted molar refractivity (Wildman–Crippen MR) is 86.0 cm³/mol. The summed E-state index contributed by atoms with van der Waals surface area (Å²) in [4.78, 5) is 25.8. The molecule has 0 saturated carbocycles. The first kappa shape index (κ1) is 16.5. The molecule has 0 radical (unpaired) electrons. The Morgan fingerprint density at radius 1 is 1.04 bits per heavy atom. The van der Waals surface area contributed by atoms with E-state index in [0.29, 0.717) is 12.2 Å². The van der Waals surface area contributed by atoms with Crippen LogP contribution in [0.15, 0.2) is 42.6 Å². The highest BCUT2D eigenvalue weighted by molar-refractivity contribution is 5.97. The van der Waals surface area contributed by atoms with Crippen LogP contribution in [0.3, 0.4) is 0 Å². The normalized spacial score (nSPS) is 10.3. The Labute approximate surface area is 133 Å². The maximum Gasteiger partial charge on any atom is 0.354 e. The zero-order valence-electron chi connectivity index (χ0n) is 12.5. The fraction of sp³-hybridized carbons (Fsp3) is 0.235. The highest BCUT2D eigenvalue weighted by Gasteiger charge is 2.14. The first-order valence-electron chi connectivity index (χ1n) is 7.32. The molecule has 0 saturated heterocycles. The molecule has 0 atom stereocenters. The number of anilines is 1. The molecule has 1 aromatic heterocycles. The molecule has 0 aliphatic rings. The van der Waals surface area contributed by atoms with Crippen LogP contribution in [0.1, 0.15) is 39.3 Å². The van der Waals surface area contributed by atoms with Crippen molar-refractivity contribution in [3.8, 4) is 0 Å². The van der Waals surface area contributed by atoms with Crippen LogP contribution in [-0.2, 0) is 6.42 Å². The summed E-state index contributed by atoms with van der Waals surface area (Å²) in [5, 5.41) is 21.0. The number of carboxylic acids is 2. The van der Waals surface area contributed by atoms with E-state index in [2.05, 4.69) is 22.4 Å². The highest BCUT2D eigenvalue weighted by atomic mass is 16.4. The molecule has 2 rings (SSSR count). The summed E-state index contributed by atoms with van der Waals surface area (Å²) in [6.45, 7) is 0.598. The first-order valence-corrected chi connectivity index (χ1v) is 7.32. The Bertz CT molecular complexity index is 686. The number of aromatic nitrogens is 1. The lowest BCUT2D eigenvalue weighted by molar-refractivity contribution is 0.0690. The molecule has 0 fully saturated rings. The number of aryl methyl sites for hydroxylation is 1. The van der Waals surface area contributed by atoms with Crippen molar-refractivity contribution in [2.45, 2.75) is 19.3 Å². The predicted octanol–water partition coefficient (Wildman–Crippen LogP) is 2.91. The molecule has 23 heavy (non-hydrogen) atoms. The van der Waals surface area contributed by atoms with Gasteiger partial charge in [-0.25, -0.2) is 14.6 Å². The van der Waals surface area contributed by atoms with Gasteiger partial charge in [0.2, 0.25) is 0 Å². The molecule has 2 aromatic rings. The third-order valence-electron chi connectivity index (χ3n) is 3.40. The number of pyridine rings is 1. The Morgan fingerprint density at radius 3 is 2.43 bits per heavy atom. The second kappa shape index (κ2) is 7.93. The van der Waals surface area contributed by atoms with Gasteiger partial charge in [0.25, 0.3) is 0 Å². The quantitative estimate of drug-likeness (QED) is 0.648. The van der Waals surface area contributed by atoms with E-state index in [1.165, 1.54) is 11.8 Å². The summed E-state index contributed by atoms with van der Waals surface area (Å²) in [6.07, 6.45) is 4.06. The number of rotatable bonds is 8. The van der Waals surface area contributed by atoms with E-state index in [1.807, 2.05) is 18.2 Å². The summed E-state index contributed by atoms with van der Waals surface area (Å²) in [5.41, 5.74) is 1.24. The van der Waals surface area contributed by atoms with Crippen LogP contribution >= 0.6 is 0 Å². The van der Waals surface area contributed by atoms with Crippen LogP contribution in [0.2, 0.25) is 0 Å². The third kappa shape index (κ3) is 4.81. The van der Waals surface area contributed by atoms with Gasteiger partial charge >= 0.3 is 11.9 Å². The van der Waals surface area contributed by atoms with E-state index in [0.717, 1.165) is 25.3 Å². The van der Waals surface area contributed by atoms with Crippen LogP contribution in [0.25, 0.3) is 0 Å². The van der Waals surface area contributed by atoms with Crippen molar-refractivity contribution >= 4 is 17.6 Å². The number of hydrogen-bond acceptors (Lipinski definition) is 4. The van der Waals surface area contributed by atoms with Crippen molar-refractivity contribution in [1.82, 2.24) is 4.98 Å². The van der Waals surface area contributed by atoms with E-state index in [4.69, 9.17) is 10.2 Å². The number of aromatic carboxylic acids is 2. The van der Waals surface area contributed by atoms with Gasteiger partial charge in [-0.15, -0.1) is 0 Å². The number of benzene rings is 1. The monoisotopic (exact) mass is 314 g/mol. The van der Waals surface area contributed by atoms with Gasteiger partial charge in [0.1, 0.15) is 5.69 Å². The summed E-state index contributed by atoms with van der Waals surface area (Å²) >= 11 is 0. The molecule has 0 aliphatic heterocycles. The molecular formula is C17H18N2O4. The molecule has 1 heterocycles. The van der Waals surface area contributed by atoms with Gasteiger partial charge in [-0.2, -0.15) is 0 Å². The molecular weight excluding hydrogens is 296 g/mol. The molecule has 3 N–H and O–H groups in total. The van der Waals surface area contributed by atoms with E-state index in [1.54, 1.807) is 0 Å². The zero-order valence-corrected chi connectivity index (χ0v) is 12.5. The standard InChI is InChI=1S/C17H18N2O4/c20-16(21)13-10-14(17(22)23)19-11-15(13)18-9-5-4-8-12-6-2-1-3-7-12/h1-3,6-7,10-11,18H,4-5,8-9H2,(H,20,21)(H,22,23). The van der Waals surface area contributed by atoms with Gasteiger partial charge in [0.05, 0.1) is 17.4 Å². The lowest BCUT2D eigenvalue weighted by Gasteiger charge is -2.09. The second-order valence-electron chi connectivity index (χ2n) is 5.09. The fourth-order valence-corrected chi connectivity index (χ4v) is 2.21. The van der Waals surface area contributed by atoms with Crippen LogP contribution < -0.4 is 5.32 Å². The largest absolute Gasteiger partial charge is 0.478 e. The fourth-order valence-electron chi connectivity index (χ4n) is 2.21. The molecule has 0 bridgehead atoms. The minimum atomic E-state index is -1.25. The number of carbonyl (C=O) groups is 2. The van der Waals surface area contributed by atoms with Crippen molar-refractivity contribution in [3.63, 3.8) is 0 Å². The molecule has 0 spiro atoms. The number of nitrogens with zero attached hydrogens (tertiary/aromatic N) is 1. The minimum Gasteiger partial charge on any atom is -0.478 e. The maximum absolute atomic E-state index is 11.2. The van der Waals surface area contributed by atoms with E-state index in [-0.39, 0.29) is 11.3 Å². The summed E-state index contributed by atoms with van der Waals surface area (Å²) in [6, 6.07) is 11.2. The van der Waals surface area contributed by atoms with Gasteiger partial charge in [-0.1, -0.05) is 30.3 Å². The Morgan fingerprint density at radius 2 is 1.78 bits per heavy atom. The molecule has 1 aromatic carbocycles. The Balaban J connectivity index is 1.87. The van der Waals surface area contributed by atoms with Gasteiger partial charge in [-0.3, -0.25) is 0 Å². The SMILES string of the molecule is O=C(O)c1cc(C(=O)O)c(NCCCCc2ccccc2)cn1. The van der Waals surface area contributed by atoms with Gasteiger partial charge in [0.15, 0.2) is 0 Å². The maximum atomic E-state index is 11.2. The zero-order chi connectivity index (χ0) is 16.7. The molecule has 120 valence electrons. The van der Waals surface area contributed by atoms with Crippen molar-refractivity contribution in [2.24, 2.45) is 0 Å². The number of nitrogens with one attached hydrogen (secondary N) is 1. The van der Waals surface area contributed by atoms with E-state index >= 15 is 0 Å². The Hall–Kier alpha value is -2.89. The van der Waals surface area contributed by atoms with Gasteiger partial charge in [-0.05, 0) is 30.9 Å². The van der Waals surface area contributed by atoms with Crippen LogP contribution in [-0.4, -0.2) is 33.7 Å². The summed E-state index contributed by atoms with van der Waals surface area (Å²) in [5.74, 6) is -2.43. The lowest BCUT2D eigenvalue weighted by atomic mass is 10.1. The van der Waals surface area contributed by atoms with Crippen molar-refractivity contribution in [3.05, 3.63) is 59.4 Å². The van der Waals surface area contributed by atoms with Crippen molar-refractivity contribution in [1.29, 1.82) is 0 Å². The molecule has 0 unspecified atom stereocenters. The lowest BCUT2D eigenvalue weighted by Crippen LogP contribution is -2.11. The second-order valence-corrected chi connectivity index (χ2v) is 5.09. The number of hydrogen-bond donors (Lipinski definition) is 3. The Kier molecular flexibility index (Phi) is 5.68. The summed E-state index contributed by atoms with van der Waals surface area (Å²) < 4.78 is 0. The van der Waals surface area contributed by atoms with Crippen molar-refractivity contribution < 1.29 is 19.8 Å². The molecule has 6 nitrogen and oxygen atoms in total. The summed E-state index contributed by atoms with van der Waals surface area (Å²) in [7, 11) is 0. The average Bonchev–Trinajstić information content (AvgIpc) is 2.55. The first-order chi connectivity index (χ1) is 11.1. The van der Waals surface area contributed by atoms with Gasteiger partial charge in [0, 0.05) is 6.54 Å². The van der Waals surface area contributed by atoms with Crippen molar-refractivity contribution in [2.75, 3.05) is 11.9 Å². The number of unbranched alkanes of at least 4 members (excludes halogenated alkanes) is 1. The van der Waals surface area contributed by atoms with Gasteiger partial charge < -0.3 is 15.5 Å². The topological polar surface area (TPSA) is 99.5 Å². The third-order valence-corrected chi connectivity index (χ3v) is 3.40. The van der Waals surface area contributed by atoms with E-state index in [9.17, 15) is 9.59 Å². The van der Waals surface area contributed by atoms with E-state index < -0.39 is 11.9 Å². The molecule has 0 amide bonds. The minimum absolute atomic E-state index is 0.0829. The van der Waals surface area contributed by atoms with Crippen LogP contribution in [0, 0.1) is 0 Å². The van der Waals surface area contributed by atoms with Crippen LogP contribution in [0.5, 0.6) is 0 Å². The average molecular weight is 314 g/mol. The smallest absolute Gasteiger partial charge is 0.354 e. The van der Waals surface area contributed by atoms with Crippen LogP contribution in [0.4, 0.5) is 5.69 Å². The number of carboxylic acid groups (broad SMARTS) is 2. The molecule has 6 heteroatoms. The highest BCUT2D eigenvalue weighted by Crippen LogP contribution is 2.16. The molecule has 0 aliphatic carbocycles.